The highest BCUT2D eigenvalue weighted by Crippen LogP contribution is 2.26. The predicted molar refractivity (Wildman–Crippen MR) is 68.7 cm³/mol. The van der Waals surface area contributed by atoms with Crippen molar-refractivity contribution in [3.63, 3.8) is 0 Å². The van der Waals surface area contributed by atoms with Crippen molar-refractivity contribution >= 4 is 11.6 Å². The number of nitrogens with two attached hydrogens (primary N) is 1. The van der Waals surface area contributed by atoms with Crippen LogP contribution >= 0.6 is 11.6 Å². The first-order valence-electron chi connectivity index (χ1n) is 5.73. The molecule has 92 valence electrons. The summed E-state index contributed by atoms with van der Waals surface area (Å²) in [6.07, 6.45) is 1.63. The Morgan fingerprint density at radius 3 is 2.38 bits per heavy atom. The second kappa shape index (κ2) is 4.76. The van der Waals surface area contributed by atoms with Crippen LogP contribution in [0.1, 0.15) is 39.1 Å². The Kier molecular flexibility index (Phi) is 4.02. The molecule has 1 aromatic rings. The highest BCUT2D eigenvalue weighted by molar-refractivity contribution is 6.31. The first-order chi connectivity index (χ1) is 7.27. The highest BCUT2D eigenvalue weighted by atomic mass is 35.5. The molecule has 16 heavy (non-hydrogen) atoms. The average Bonchev–Trinajstić information content (AvgIpc) is 2.43. The molecule has 1 heterocycles. The molecule has 0 saturated heterocycles. The van der Waals surface area contributed by atoms with Crippen molar-refractivity contribution in [2.45, 2.75) is 46.6 Å². The van der Waals surface area contributed by atoms with Crippen LogP contribution in [0.2, 0.25) is 5.02 Å². The fraction of sp³-hybridized carbons (Fsp3) is 0.750. The summed E-state index contributed by atoms with van der Waals surface area (Å²) in [5.41, 5.74) is 8.26. The van der Waals surface area contributed by atoms with Gasteiger partial charge < -0.3 is 5.73 Å². The Bertz CT molecular complexity index is 363. The van der Waals surface area contributed by atoms with Gasteiger partial charge in [0.25, 0.3) is 0 Å². The zero-order valence-corrected chi connectivity index (χ0v) is 11.6. The lowest BCUT2D eigenvalue weighted by atomic mass is 9.85. The van der Waals surface area contributed by atoms with E-state index in [1.54, 1.807) is 0 Å². The first kappa shape index (κ1) is 13.5. The van der Waals surface area contributed by atoms with Gasteiger partial charge in [-0.3, -0.25) is 4.68 Å². The molecule has 0 radical (unpaired) electrons. The van der Waals surface area contributed by atoms with E-state index < -0.39 is 0 Å². The molecule has 1 rings (SSSR count). The third-order valence-electron chi connectivity index (χ3n) is 3.03. The van der Waals surface area contributed by atoms with E-state index in [9.17, 15) is 0 Å². The van der Waals surface area contributed by atoms with E-state index in [1.807, 2.05) is 11.7 Å². The average molecular weight is 244 g/mol. The third-order valence-corrected chi connectivity index (χ3v) is 3.46. The zero-order valence-electron chi connectivity index (χ0n) is 10.8. The standard InChI is InChI=1S/C12H22ClN3/c1-6-8-11(13)9(16(5)15-8)7-10(14)12(2,3)4/h10H,6-7,14H2,1-5H3. The van der Waals surface area contributed by atoms with Gasteiger partial charge in [0, 0.05) is 19.5 Å². The van der Waals surface area contributed by atoms with Gasteiger partial charge in [0.15, 0.2) is 0 Å². The van der Waals surface area contributed by atoms with Crippen LogP contribution in [0.5, 0.6) is 0 Å². The molecule has 1 unspecified atom stereocenters. The molecule has 1 aromatic heterocycles. The van der Waals surface area contributed by atoms with Gasteiger partial charge in [-0.2, -0.15) is 5.10 Å². The molecule has 0 amide bonds. The van der Waals surface area contributed by atoms with Crippen LogP contribution in [0.15, 0.2) is 0 Å². The fourth-order valence-electron chi connectivity index (χ4n) is 1.56. The number of aromatic nitrogens is 2. The predicted octanol–water partition coefficient (Wildman–Crippen LogP) is 2.55. The monoisotopic (exact) mass is 243 g/mol. The van der Waals surface area contributed by atoms with Gasteiger partial charge in [-0.15, -0.1) is 0 Å². The molecule has 0 aliphatic heterocycles. The van der Waals surface area contributed by atoms with E-state index in [0.717, 1.165) is 29.3 Å². The normalized spacial score (nSPS) is 14.2. The first-order valence-corrected chi connectivity index (χ1v) is 6.11. The molecule has 0 spiro atoms. The van der Waals surface area contributed by atoms with E-state index in [4.69, 9.17) is 17.3 Å². The second-order valence-electron chi connectivity index (χ2n) is 5.36. The van der Waals surface area contributed by atoms with Crippen molar-refractivity contribution in [1.29, 1.82) is 0 Å². The van der Waals surface area contributed by atoms with Crippen LogP contribution in [0.4, 0.5) is 0 Å². The van der Waals surface area contributed by atoms with Gasteiger partial charge in [0.2, 0.25) is 0 Å². The minimum absolute atomic E-state index is 0.0833. The minimum atomic E-state index is 0.0833. The Hall–Kier alpha value is -0.540. The van der Waals surface area contributed by atoms with Gasteiger partial charge in [-0.25, -0.2) is 0 Å². The molecule has 0 fully saturated rings. The number of hydrogen-bond donors (Lipinski definition) is 1. The largest absolute Gasteiger partial charge is 0.327 e. The smallest absolute Gasteiger partial charge is 0.0850 e. The van der Waals surface area contributed by atoms with Crippen LogP contribution in [0.25, 0.3) is 0 Å². The molecule has 3 nitrogen and oxygen atoms in total. The Morgan fingerprint density at radius 1 is 1.44 bits per heavy atom. The Morgan fingerprint density at radius 2 is 2.00 bits per heavy atom. The summed E-state index contributed by atoms with van der Waals surface area (Å²) in [7, 11) is 1.93. The van der Waals surface area contributed by atoms with Crippen molar-refractivity contribution in [2.75, 3.05) is 0 Å². The van der Waals surface area contributed by atoms with Gasteiger partial charge >= 0.3 is 0 Å². The van der Waals surface area contributed by atoms with E-state index in [0.29, 0.717) is 0 Å². The van der Waals surface area contributed by atoms with Crippen LogP contribution < -0.4 is 5.73 Å². The second-order valence-corrected chi connectivity index (χ2v) is 5.74. The summed E-state index contributed by atoms with van der Waals surface area (Å²) in [6.45, 7) is 8.48. The summed E-state index contributed by atoms with van der Waals surface area (Å²) in [4.78, 5) is 0. The summed E-state index contributed by atoms with van der Waals surface area (Å²) in [6, 6.07) is 0.0881. The Labute approximate surface area is 103 Å². The maximum atomic E-state index is 6.29. The van der Waals surface area contributed by atoms with Crippen molar-refractivity contribution in [2.24, 2.45) is 18.2 Å². The molecule has 0 aromatic carbocycles. The maximum absolute atomic E-state index is 6.29. The summed E-state index contributed by atoms with van der Waals surface area (Å²) in [5, 5.41) is 5.18. The van der Waals surface area contributed by atoms with Crippen molar-refractivity contribution < 1.29 is 0 Å². The molecule has 4 heteroatoms. The van der Waals surface area contributed by atoms with Crippen molar-refractivity contribution in [1.82, 2.24) is 9.78 Å². The zero-order chi connectivity index (χ0) is 12.5. The van der Waals surface area contributed by atoms with Crippen LogP contribution in [-0.4, -0.2) is 15.8 Å². The number of rotatable bonds is 3. The third kappa shape index (κ3) is 2.77. The lowest BCUT2D eigenvalue weighted by Gasteiger charge is -2.27. The van der Waals surface area contributed by atoms with Crippen molar-refractivity contribution in [3.05, 3.63) is 16.4 Å². The number of halogens is 1. The minimum Gasteiger partial charge on any atom is -0.327 e. The van der Waals surface area contributed by atoms with Gasteiger partial charge in [0.05, 0.1) is 16.4 Å². The van der Waals surface area contributed by atoms with Gasteiger partial charge in [0.1, 0.15) is 0 Å². The molecule has 1 atom stereocenters. The summed E-state index contributed by atoms with van der Waals surface area (Å²) >= 11 is 6.29. The lowest BCUT2D eigenvalue weighted by Crippen LogP contribution is -2.37. The highest BCUT2D eigenvalue weighted by Gasteiger charge is 2.24. The van der Waals surface area contributed by atoms with Crippen LogP contribution in [0.3, 0.4) is 0 Å². The van der Waals surface area contributed by atoms with E-state index >= 15 is 0 Å². The molecule has 0 saturated carbocycles. The topological polar surface area (TPSA) is 43.8 Å². The van der Waals surface area contributed by atoms with E-state index in [2.05, 4.69) is 32.8 Å². The molecule has 0 aliphatic carbocycles. The molecular formula is C12H22ClN3. The van der Waals surface area contributed by atoms with Crippen LogP contribution in [-0.2, 0) is 19.9 Å². The summed E-state index contributed by atoms with van der Waals surface area (Å²) < 4.78 is 1.85. The van der Waals surface area contributed by atoms with Crippen molar-refractivity contribution in [3.8, 4) is 0 Å². The summed E-state index contributed by atoms with van der Waals surface area (Å²) in [5.74, 6) is 0. The van der Waals surface area contributed by atoms with Gasteiger partial charge in [-0.1, -0.05) is 39.3 Å². The molecule has 0 aliphatic rings. The lowest BCUT2D eigenvalue weighted by molar-refractivity contribution is 0.314. The Balaban J connectivity index is 2.93. The SMILES string of the molecule is CCc1nn(C)c(CC(N)C(C)(C)C)c1Cl. The van der Waals surface area contributed by atoms with E-state index in [1.165, 1.54) is 0 Å². The number of nitrogens with zero attached hydrogens (tertiary/aromatic N) is 2. The molecule has 2 N–H and O–H groups in total. The fourth-order valence-corrected chi connectivity index (χ4v) is 1.93. The molecular weight excluding hydrogens is 222 g/mol. The van der Waals surface area contributed by atoms with Gasteiger partial charge in [-0.05, 0) is 11.8 Å². The maximum Gasteiger partial charge on any atom is 0.0850 e. The number of hydrogen-bond acceptors (Lipinski definition) is 2. The quantitative estimate of drug-likeness (QED) is 0.887. The van der Waals surface area contributed by atoms with E-state index in [-0.39, 0.29) is 11.5 Å². The molecule has 0 bridgehead atoms. The van der Waals surface area contributed by atoms with Crippen LogP contribution in [0, 0.1) is 5.41 Å². The number of aryl methyl sites for hydroxylation is 2.